The quantitative estimate of drug-likeness (QED) is 0.327. The molecule has 0 aliphatic rings. The van der Waals surface area contributed by atoms with E-state index >= 15 is 0 Å². The van der Waals surface area contributed by atoms with Crippen LogP contribution in [0.1, 0.15) is 6.92 Å². The number of rotatable bonds is 0. The first-order chi connectivity index (χ1) is 4.27. The van der Waals surface area contributed by atoms with E-state index in [0.717, 1.165) is 0 Å². The number of carbonyl (C=O) groups is 1. The maximum Gasteiger partial charge on any atom is 0.203 e. The Hall–Kier alpha value is -1.65. The Morgan fingerprint density at radius 1 is 1.33 bits per heavy atom. The summed E-state index contributed by atoms with van der Waals surface area (Å²) in [5.41, 5.74) is 0. The van der Waals surface area contributed by atoms with Gasteiger partial charge in [-0.2, -0.15) is 0 Å². The lowest BCUT2D eigenvalue weighted by molar-refractivity contribution is -0.111. The molecule has 0 saturated carbocycles. The number of terminal acetylenes is 1. The highest BCUT2D eigenvalue weighted by Crippen LogP contribution is 1.59. The molecule has 0 aliphatic carbocycles. The van der Waals surface area contributed by atoms with Gasteiger partial charge in [-0.05, 0) is 29.6 Å². The summed E-state index contributed by atoms with van der Waals surface area (Å²) in [5, 5.41) is 0. The third kappa shape index (κ3) is 6.35. The van der Waals surface area contributed by atoms with Gasteiger partial charge in [-0.1, -0.05) is 0 Å². The van der Waals surface area contributed by atoms with Crippen molar-refractivity contribution in [3.63, 3.8) is 0 Å². The summed E-state index contributed by atoms with van der Waals surface area (Å²) in [6.07, 6.45) is 4.77. The normalized spacial score (nSPS) is 4.89. The molecule has 0 radical (unpaired) electrons. The smallest absolute Gasteiger partial charge is 0.203 e. The molecule has 0 aromatic rings. The van der Waals surface area contributed by atoms with Crippen LogP contribution in [0.15, 0.2) is 0 Å². The second-order valence-electron chi connectivity index (χ2n) is 1.20. The van der Waals surface area contributed by atoms with Crippen LogP contribution in [0.4, 0.5) is 0 Å². The van der Waals surface area contributed by atoms with Crippen molar-refractivity contribution in [1.29, 1.82) is 0 Å². The van der Waals surface area contributed by atoms with Gasteiger partial charge in [0.1, 0.15) is 0 Å². The fourth-order valence-electron chi connectivity index (χ4n) is 0.187. The zero-order valence-corrected chi connectivity index (χ0v) is 4.99. The largest absolute Gasteiger partial charge is 0.285 e. The molecule has 0 rings (SSSR count). The van der Waals surface area contributed by atoms with Gasteiger partial charge in [-0.3, -0.25) is 4.79 Å². The Labute approximate surface area is 54.5 Å². The number of ketones is 1. The van der Waals surface area contributed by atoms with E-state index in [1.54, 1.807) is 0 Å². The van der Waals surface area contributed by atoms with Crippen LogP contribution in [0, 0.1) is 36.0 Å². The maximum atomic E-state index is 10.1. The van der Waals surface area contributed by atoms with E-state index in [-0.39, 0.29) is 5.78 Å². The molecule has 0 bridgehead atoms. The second kappa shape index (κ2) is 4.51. The zero-order valence-electron chi connectivity index (χ0n) is 4.99. The maximum absolute atomic E-state index is 10.1. The van der Waals surface area contributed by atoms with Gasteiger partial charge < -0.3 is 0 Å². The van der Waals surface area contributed by atoms with Crippen molar-refractivity contribution in [3.05, 3.63) is 0 Å². The molecule has 0 amide bonds. The number of Topliss-reactive ketones (excluding diaryl/α,β-unsaturated/α-hetero) is 1. The van der Waals surface area contributed by atoms with E-state index < -0.39 is 0 Å². The molecule has 42 valence electrons. The summed E-state index contributed by atoms with van der Waals surface area (Å²) < 4.78 is 0. The number of hydrogen-bond acceptors (Lipinski definition) is 1. The standard InChI is InChI=1S/C8H4O/c1-3-4-5-6-7-8(2)9/h1H,2H3. The van der Waals surface area contributed by atoms with E-state index in [4.69, 9.17) is 6.42 Å². The highest BCUT2D eigenvalue weighted by atomic mass is 16.1. The van der Waals surface area contributed by atoms with Crippen molar-refractivity contribution in [3.8, 4) is 36.0 Å². The fourth-order valence-corrected chi connectivity index (χ4v) is 0.187. The number of carbonyl (C=O) groups excluding carboxylic acids is 1. The fraction of sp³-hybridized carbons (Fsp3) is 0.125. The summed E-state index contributed by atoms with van der Waals surface area (Å²) in [6, 6.07) is 0. The first kappa shape index (κ1) is 7.35. The van der Waals surface area contributed by atoms with Crippen LogP contribution in [0.2, 0.25) is 0 Å². The molecule has 0 fully saturated rings. The SMILES string of the molecule is C#CC#CC#CC(C)=O. The lowest BCUT2D eigenvalue weighted by Gasteiger charge is -1.62. The Balaban J connectivity index is 3.95. The summed E-state index contributed by atoms with van der Waals surface area (Å²) in [5.74, 6) is 10.9. The van der Waals surface area contributed by atoms with E-state index in [9.17, 15) is 4.79 Å². The van der Waals surface area contributed by atoms with Crippen LogP contribution < -0.4 is 0 Å². The minimum Gasteiger partial charge on any atom is -0.285 e. The van der Waals surface area contributed by atoms with Crippen LogP contribution in [0.25, 0.3) is 0 Å². The third-order valence-corrected chi connectivity index (χ3v) is 0.436. The lowest BCUT2D eigenvalue weighted by Crippen LogP contribution is -1.78. The van der Waals surface area contributed by atoms with Gasteiger partial charge in [0.2, 0.25) is 5.78 Å². The van der Waals surface area contributed by atoms with Gasteiger partial charge in [-0.25, -0.2) is 0 Å². The Morgan fingerprint density at radius 3 is 2.44 bits per heavy atom. The molecule has 0 N–H and O–H groups in total. The van der Waals surface area contributed by atoms with Gasteiger partial charge in [0.15, 0.2) is 0 Å². The minimum absolute atomic E-state index is 0.207. The van der Waals surface area contributed by atoms with Crippen LogP contribution in [-0.4, -0.2) is 5.78 Å². The van der Waals surface area contributed by atoms with Gasteiger partial charge in [0, 0.05) is 6.92 Å². The summed E-state index contributed by atoms with van der Waals surface area (Å²) in [6.45, 7) is 1.37. The molecule has 0 aliphatic heterocycles. The molecular weight excluding hydrogens is 112 g/mol. The average molecular weight is 116 g/mol. The summed E-state index contributed by atoms with van der Waals surface area (Å²) in [7, 11) is 0. The molecule has 0 aromatic carbocycles. The molecule has 0 aromatic heterocycles. The molecule has 1 heteroatoms. The molecule has 0 unspecified atom stereocenters. The van der Waals surface area contributed by atoms with Gasteiger partial charge in [0.25, 0.3) is 0 Å². The van der Waals surface area contributed by atoms with Crippen molar-refractivity contribution in [2.45, 2.75) is 6.92 Å². The topological polar surface area (TPSA) is 17.1 Å². The van der Waals surface area contributed by atoms with Gasteiger partial charge >= 0.3 is 0 Å². The molecule has 0 spiro atoms. The summed E-state index contributed by atoms with van der Waals surface area (Å²) in [4.78, 5) is 10.1. The molecular formula is C8H4O. The monoisotopic (exact) mass is 116 g/mol. The van der Waals surface area contributed by atoms with Crippen molar-refractivity contribution in [1.82, 2.24) is 0 Å². The van der Waals surface area contributed by atoms with Crippen LogP contribution >= 0.6 is 0 Å². The van der Waals surface area contributed by atoms with E-state index in [0.29, 0.717) is 0 Å². The van der Waals surface area contributed by atoms with Crippen molar-refractivity contribution in [2.75, 3.05) is 0 Å². The van der Waals surface area contributed by atoms with Gasteiger partial charge in [0.05, 0.1) is 0 Å². The zero-order chi connectivity index (χ0) is 7.11. The number of hydrogen-bond donors (Lipinski definition) is 0. The van der Waals surface area contributed by atoms with Crippen LogP contribution in [-0.2, 0) is 4.79 Å². The third-order valence-electron chi connectivity index (χ3n) is 0.436. The predicted octanol–water partition coefficient (Wildman–Crippen LogP) is 0.215. The minimum atomic E-state index is -0.207. The van der Waals surface area contributed by atoms with Crippen molar-refractivity contribution >= 4 is 5.78 Å². The second-order valence-corrected chi connectivity index (χ2v) is 1.20. The lowest BCUT2D eigenvalue weighted by atomic mass is 10.4. The van der Waals surface area contributed by atoms with E-state index in [2.05, 4.69) is 29.6 Å². The highest BCUT2D eigenvalue weighted by Gasteiger charge is 1.73. The Bertz CT molecular complexity index is 257. The first-order valence-corrected chi connectivity index (χ1v) is 2.24. The molecule has 1 nitrogen and oxygen atoms in total. The van der Waals surface area contributed by atoms with Crippen LogP contribution in [0.5, 0.6) is 0 Å². The van der Waals surface area contributed by atoms with Crippen molar-refractivity contribution < 1.29 is 4.79 Å². The highest BCUT2D eigenvalue weighted by molar-refractivity contribution is 5.93. The first-order valence-electron chi connectivity index (χ1n) is 2.24. The Kier molecular flexibility index (Phi) is 3.68. The Morgan fingerprint density at radius 2 is 2.00 bits per heavy atom. The molecule has 9 heavy (non-hydrogen) atoms. The molecule has 0 atom stereocenters. The molecule has 0 heterocycles. The molecule has 0 saturated heterocycles. The van der Waals surface area contributed by atoms with Gasteiger partial charge in [-0.15, -0.1) is 6.42 Å². The van der Waals surface area contributed by atoms with Crippen molar-refractivity contribution in [2.24, 2.45) is 0 Å². The van der Waals surface area contributed by atoms with E-state index in [1.165, 1.54) is 6.92 Å². The average Bonchev–Trinajstić information content (AvgIpc) is 1.80. The van der Waals surface area contributed by atoms with E-state index in [1.807, 2.05) is 0 Å². The summed E-state index contributed by atoms with van der Waals surface area (Å²) >= 11 is 0. The predicted molar refractivity (Wildman–Crippen MR) is 35.1 cm³/mol. The van der Waals surface area contributed by atoms with Crippen LogP contribution in [0.3, 0.4) is 0 Å².